The predicted molar refractivity (Wildman–Crippen MR) is 120 cm³/mol. The van der Waals surface area contributed by atoms with E-state index in [4.69, 9.17) is 19.5 Å². The van der Waals surface area contributed by atoms with Crippen LogP contribution < -0.4 is 0 Å². The van der Waals surface area contributed by atoms with E-state index in [0.717, 1.165) is 26.5 Å². The van der Waals surface area contributed by atoms with Gasteiger partial charge in [-0.05, 0) is 57.5 Å². The average molecular weight is 482 g/mol. The summed E-state index contributed by atoms with van der Waals surface area (Å²) in [6, 6.07) is 4.90. The van der Waals surface area contributed by atoms with E-state index >= 15 is 0 Å². The molecule has 0 saturated heterocycles. The zero-order valence-electron chi connectivity index (χ0n) is 17.5. The van der Waals surface area contributed by atoms with E-state index in [0.29, 0.717) is 25.0 Å². The first-order chi connectivity index (χ1) is 12.6. The Morgan fingerprint density at radius 2 is 1.30 bits per heavy atom. The first-order valence-electron chi connectivity index (χ1n) is 9.84. The van der Waals surface area contributed by atoms with E-state index in [1.54, 1.807) is 0 Å². The lowest BCUT2D eigenvalue weighted by molar-refractivity contribution is 0.291. The third kappa shape index (κ3) is 4.33. The van der Waals surface area contributed by atoms with Gasteiger partial charge in [-0.25, -0.2) is 9.98 Å². The van der Waals surface area contributed by atoms with Gasteiger partial charge in [0.1, 0.15) is 13.2 Å². The molecule has 0 bridgehead atoms. The Hall–Kier alpha value is -1.11. The van der Waals surface area contributed by atoms with Gasteiger partial charge >= 0.3 is 0 Å². The molecule has 27 heavy (non-hydrogen) atoms. The molecule has 2 heterocycles. The quantitative estimate of drug-likeness (QED) is 0.555. The highest BCUT2D eigenvalue weighted by molar-refractivity contribution is 14.1. The third-order valence-corrected chi connectivity index (χ3v) is 6.45. The maximum atomic E-state index is 6.00. The molecule has 0 amide bonds. The van der Waals surface area contributed by atoms with Gasteiger partial charge in [0.25, 0.3) is 0 Å². The van der Waals surface area contributed by atoms with Crippen LogP contribution in [0, 0.1) is 15.4 Å². The highest BCUT2D eigenvalue weighted by Crippen LogP contribution is 2.32. The van der Waals surface area contributed by atoms with Gasteiger partial charge in [0.2, 0.25) is 11.8 Å². The lowest BCUT2D eigenvalue weighted by Gasteiger charge is -2.22. The summed E-state index contributed by atoms with van der Waals surface area (Å²) >= 11 is 2.39. The van der Waals surface area contributed by atoms with Crippen molar-refractivity contribution in [1.29, 1.82) is 0 Å². The van der Waals surface area contributed by atoms with Gasteiger partial charge in [0.05, 0.1) is 23.2 Å². The monoisotopic (exact) mass is 482 g/mol. The van der Waals surface area contributed by atoms with E-state index in [-0.39, 0.29) is 17.5 Å². The molecule has 2 aliphatic heterocycles. The Bertz CT molecular complexity index is 720. The zero-order chi connectivity index (χ0) is 19.9. The number of hydrogen-bond donors (Lipinski definition) is 0. The minimum absolute atomic E-state index is 0.0149. The maximum Gasteiger partial charge on any atom is 0.217 e. The van der Waals surface area contributed by atoms with Gasteiger partial charge in [0, 0.05) is 3.57 Å². The van der Waals surface area contributed by atoms with E-state index in [2.05, 4.69) is 83.2 Å². The maximum absolute atomic E-state index is 6.00. The molecule has 0 radical (unpaired) electrons. The second-order valence-corrected chi connectivity index (χ2v) is 10.3. The predicted octanol–water partition coefficient (Wildman–Crippen LogP) is 5.19. The van der Waals surface area contributed by atoms with Crippen molar-refractivity contribution in [2.75, 3.05) is 13.2 Å². The number of halogens is 1. The molecule has 0 saturated carbocycles. The van der Waals surface area contributed by atoms with Gasteiger partial charge in [-0.3, -0.25) is 0 Å². The van der Waals surface area contributed by atoms with Crippen LogP contribution >= 0.6 is 22.6 Å². The second-order valence-electron chi connectivity index (χ2n) is 9.25. The molecular formula is C22H31IN2O2. The number of benzene rings is 1. The molecule has 2 atom stereocenters. The third-order valence-electron chi connectivity index (χ3n) is 5.29. The summed E-state index contributed by atoms with van der Waals surface area (Å²) < 4.78 is 13.1. The molecule has 0 spiro atoms. The van der Waals surface area contributed by atoms with Crippen LogP contribution in [-0.2, 0) is 14.9 Å². The van der Waals surface area contributed by atoms with Crippen LogP contribution in [-0.4, -0.2) is 37.1 Å². The number of aliphatic imine (C=N–C) groups is 2. The molecule has 148 valence electrons. The summed E-state index contributed by atoms with van der Waals surface area (Å²) in [5.74, 6) is 2.45. The summed E-state index contributed by atoms with van der Waals surface area (Å²) in [6.07, 6.45) is 0. The normalized spacial score (nSPS) is 22.7. The number of ether oxygens (including phenoxy) is 2. The van der Waals surface area contributed by atoms with Crippen molar-refractivity contribution in [3.63, 3.8) is 0 Å². The fourth-order valence-corrected chi connectivity index (χ4v) is 3.90. The summed E-state index contributed by atoms with van der Waals surface area (Å²) in [4.78, 5) is 9.72. The van der Waals surface area contributed by atoms with Gasteiger partial charge in [0.15, 0.2) is 0 Å². The second kappa shape index (κ2) is 7.72. The van der Waals surface area contributed by atoms with E-state index in [1.807, 2.05) is 0 Å². The van der Waals surface area contributed by atoms with Crippen LogP contribution in [0.15, 0.2) is 22.1 Å². The fraction of sp³-hybridized carbons (Fsp3) is 0.636. The lowest BCUT2D eigenvalue weighted by Crippen LogP contribution is -2.17. The average Bonchev–Trinajstić information content (AvgIpc) is 3.23. The Kier molecular flexibility index (Phi) is 5.90. The number of rotatable bonds is 4. The van der Waals surface area contributed by atoms with Gasteiger partial charge < -0.3 is 9.47 Å². The summed E-state index contributed by atoms with van der Waals surface area (Å²) in [5, 5.41) is 0. The number of nitrogens with zero attached hydrogens (tertiary/aromatic N) is 2. The molecule has 0 aromatic heterocycles. The zero-order valence-corrected chi connectivity index (χ0v) is 19.6. The molecule has 3 rings (SSSR count). The molecule has 1 aromatic carbocycles. The summed E-state index contributed by atoms with van der Waals surface area (Å²) in [5.41, 5.74) is 3.37. The van der Waals surface area contributed by atoms with Crippen LogP contribution in [0.5, 0.6) is 0 Å². The van der Waals surface area contributed by atoms with Gasteiger partial charge in [-0.15, -0.1) is 0 Å². The van der Waals surface area contributed by atoms with Crippen LogP contribution in [0.2, 0.25) is 0 Å². The molecule has 0 fully saturated rings. The molecule has 0 aliphatic carbocycles. The smallest absolute Gasteiger partial charge is 0.217 e. The SMILES string of the molecule is CC(C)[C@H]1COC(c2cc(C(C)(C)C)cc(C3=N[C@@H](C(C)C)CO3)c2I)=N1. The van der Waals surface area contributed by atoms with Crippen molar-refractivity contribution in [1.82, 2.24) is 0 Å². The molecule has 4 nitrogen and oxygen atoms in total. The van der Waals surface area contributed by atoms with Crippen LogP contribution in [0.4, 0.5) is 0 Å². The Balaban J connectivity index is 2.10. The van der Waals surface area contributed by atoms with Crippen molar-refractivity contribution >= 4 is 34.4 Å². The highest BCUT2D eigenvalue weighted by Gasteiger charge is 2.30. The van der Waals surface area contributed by atoms with Gasteiger partial charge in [-0.2, -0.15) is 0 Å². The van der Waals surface area contributed by atoms with E-state index in [9.17, 15) is 0 Å². The minimum atomic E-state index is 0.0149. The van der Waals surface area contributed by atoms with Crippen molar-refractivity contribution in [3.05, 3.63) is 32.4 Å². The largest absolute Gasteiger partial charge is 0.475 e. The number of hydrogen-bond acceptors (Lipinski definition) is 4. The van der Waals surface area contributed by atoms with Gasteiger partial charge in [-0.1, -0.05) is 48.5 Å². The molecule has 1 aromatic rings. The topological polar surface area (TPSA) is 43.2 Å². The van der Waals surface area contributed by atoms with Crippen LogP contribution in [0.25, 0.3) is 0 Å². The summed E-state index contributed by atoms with van der Waals surface area (Å²) in [7, 11) is 0. The summed E-state index contributed by atoms with van der Waals surface area (Å²) in [6.45, 7) is 16.8. The van der Waals surface area contributed by atoms with E-state index < -0.39 is 0 Å². The highest BCUT2D eigenvalue weighted by atomic mass is 127. The molecule has 0 N–H and O–H groups in total. The Morgan fingerprint density at radius 1 is 0.889 bits per heavy atom. The van der Waals surface area contributed by atoms with Crippen LogP contribution in [0.3, 0.4) is 0 Å². The fourth-order valence-electron chi connectivity index (χ4n) is 3.13. The Labute approximate surface area is 177 Å². The minimum Gasteiger partial charge on any atom is -0.475 e. The lowest BCUT2D eigenvalue weighted by atomic mass is 9.85. The van der Waals surface area contributed by atoms with Crippen molar-refractivity contribution in [2.24, 2.45) is 21.8 Å². The first-order valence-corrected chi connectivity index (χ1v) is 10.9. The van der Waals surface area contributed by atoms with Crippen molar-refractivity contribution < 1.29 is 9.47 Å². The molecular weight excluding hydrogens is 451 g/mol. The van der Waals surface area contributed by atoms with Crippen molar-refractivity contribution in [2.45, 2.75) is 66.0 Å². The van der Waals surface area contributed by atoms with E-state index in [1.165, 1.54) is 5.56 Å². The van der Waals surface area contributed by atoms with Crippen LogP contribution in [0.1, 0.15) is 65.2 Å². The first kappa shape index (κ1) is 20.6. The molecule has 5 heteroatoms. The Morgan fingerprint density at radius 3 is 1.59 bits per heavy atom. The molecule has 2 aliphatic rings. The molecule has 0 unspecified atom stereocenters. The van der Waals surface area contributed by atoms with Crippen molar-refractivity contribution in [3.8, 4) is 0 Å². The standard InChI is InChI=1S/C22H31IN2O2/c1-12(2)17-10-26-20(24-17)15-8-14(22(5,6)7)9-16(19(15)23)21-25-18(11-27-21)13(3)4/h8-9,12-13,17-18H,10-11H2,1-7H3/t17-,18-/m1/s1.